The van der Waals surface area contributed by atoms with Gasteiger partial charge in [0.2, 0.25) is 0 Å². The van der Waals surface area contributed by atoms with Crippen LogP contribution in [0.4, 0.5) is 24.5 Å². The van der Waals surface area contributed by atoms with Crippen molar-refractivity contribution in [3.8, 4) is 5.75 Å². The highest BCUT2D eigenvalue weighted by molar-refractivity contribution is 6.05. The molecule has 4 nitrogen and oxygen atoms in total. The van der Waals surface area contributed by atoms with Gasteiger partial charge in [-0.2, -0.15) is 13.2 Å². The Labute approximate surface area is 150 Å². The minimum Gasteiger partial charge on any atom is -0.492 e. The van der Waals surface area contributed by atoms with E-state index in [9.17, 15) is 18.0 Å². The lowest BCUT2D eigenvalue weighted by Crippen LogP contribution is -2.17. The number of alkyl halides is 3. The van der Waals surface area contributed by atoms with Crippen molar-refractivity contribution in [2.45, 2.75) is 20.0 Å². The van der Waals surface area contributed by atoms with E-state index in [4.69, 9.17) is 4.74 Å². The van der Waals surface area contributed by atoms with Crippen LogP contribution in [0.25, 0.3) is 0 Å². The van der Waals surface area contributed by atoms with Gasteiger partial charge in [-0.25, -0.2) is 0 Å². The van der Waals surface area contributed by atoms with Crippen LogP contribution in [0.2, 0.25) is 0 Å². The third kappa shape index (κ3) is 4.68. The number of ether oxygens (including phenoxy) is 1. The van der Waals surface area contributed by atoms with Crippen LogP contribution in [-0.4, -0.2) is 26.1 Å². The molecule has 0 unspecified atom stereocenters. The molecule has 0 heterocycles. The Morgan fingerprint density at radius 3 is 2.31 bits per heavy atom. The van der Waals surface area contributed by atoms with Crippen LogP contribution < -0.4 is 15.0 Å². The second kappa shape index (κ2) is 8.12. The van der Waals surface area contributed by atoms with Crippen molar-refractivity contribution in [2.24, 2.45) is 0 Å². The number of rotatable bonds is 6. The van der Waals surface area contributed by atoms with Gasteiger partial charge in [-0.15, -0.1) is 0 Å². The van der Waals surface area contributed by atoms with E-state index in [2.05, 4.69) is 5.32 Å². The minimum absolute atomic E-state index is 0.0126. The van der Waals surface area contributed by atoms with E-state index in [1.807, 2.05) is 18.9 Å². The molecule has 0 aromatic heterocycles. The summed E-state index contributed by atoms with van der Waals surface area (Å²) >= 11 is 0. The first kappa shape index (κ1) is 19.6. The Morgan fingerprint density at radius 1 is 1.12 bits per heavy atom. The average molecular weight is 366 g/mol. The molecule has 0 bridgehead atoms. The second-order valence-corrected chi connectivity index (χ2v) is 5.66. The van der Waals surface area contributed by atoms with E-state index >= 15 is 0 Å². The third-order valence-electron chi connectivity index (χ3n) is 3.90. The lowest BCUT2D eigenvalue weighted by Gasteiger charge is -2.17. The standard InChI is InChI=1S/C19H21F3N2O2/c1-4-24(3)15-9-6-13(7-10-15)18(25)23-16-12-14(19(20,21)22)8-11-17(16)26-5-2/h6-12H,4-5H2,1-3H3,(H,23,25). The van der Waals surface area contributed by atoms with Gasteiger partial charge in [0, 0.05) is 24.8 Å². The Hall–Kier alpha value is -2.70. The lowest BCUT2D eigenvalue weighted by atomic mass is 10.1. The minimum atomic E-state index is -4.50. The van der Waals surface area contributed by atoms with Crippen LogP contribution in [0.15, 0.2) is 42.5 Å². The van der Waals surface area contributed by atoms with Crippen LogP contribution in [-0.2, 0) is 6.18 Å². The maximum absolute atomic E-state index is 12.9. The highest BCUT2D eigenvalue weighted by atomic mass is 19.4. The predicted octanol–water partition coefficient (Wildman–Crippen LogP) is 4.81. The van der Waals surface area contributed by atoms with Crippen molar-refractivity contribution in [3.63, 3.8) is 0 Å². The van der Waals surface area contributed by atoms with Crippen molar-refractivity contribution in [1.29, 1.82) is 0 Å². The fourth-order valence-electron chi connectivity index (χ4n) is 2.33. The van der Waals surface area contributed by atoms with Gasteiger partial charge in [0.15, 0.2) is 0 Å². The first-order valence-electron chi connectivity index (χ1n) is 8.22. The smallest absolute Gasteiger partial charge is 0.416 e. The maximum atomic E-state index is 12.9. The fourth-order valence-corrected chi connectivity index (χ4v) is 2.33. The number of anilines is 2. The number of benzene rings is 2. The molecule has 0 aliphatic rings. The zero-order valence-corrected chi connectivity index (χ0v) is 14.9. The number of amides is 1. The largest absolute Gasteiger partial charge is 0.492 e. The highest BCUT2D eigenvalue weighted by Crippen LogP contribution is 2.35. The lowest BCUT2D eigenvalue weighted by molar-refractivity contribution is -0.137. The molecule has 1 N–H and O–H groups in total. The Morgan fingerprint density at radius 2 is 1.77 bits per heavy atom. The molecule has 2 aromatic rings. The van der Waals surface area contributed by atoms with Gasteiger partial charge in [0.05, 0.1) is 17.9 Å². The molecule has 0 radical (unpaired) electrons. The monoisotopic (exact) mass is 366 g/mol. The van der Waals surface area contributed by atoms with E-state index in [0.717, 1.165) is 24.4 Å². The van der Waals surface area contributed by atoms with Crippen LogP contribution in [0, 0.1) is 0 Å². The molecule has 1 amide bonds. The molecule has 2 aromatic carbocycles. The van der Waals surface area contributed by atoms with Crippen LogP contribution >= 0.6 is 0 Å². The van der Waals surface area contributed by atoms with Crippen molar-refractivity contribution in [1.82, 2.24) is 0 Å². The number of hydrogen-bond acceptors (Lipinski definition) is 3. The SMILES string of the molecule is CCOc1ccc(C(F)(F)F)cc1NC(=O)c1ccc(N(C)CC)cc1. The summed E-state index contributed by atoms with van der Waals surface area (Å²) in [4.78, 5) is 14.4. The molecule has 0 saturated heterocycles. The third-order valence-corrected chi connectivity index (χ3v) is 3.90. The van der Waals surface area contributed by atoms with Crippen LogP contribution in [0.1, 0.15) is 29.8 Å². The summed E-state index contributed by atoms with van der Waals surface area (Å²) in [6, 6.07) is 9.84. The zero-order valence-electron chi connectivity index (χ0n) is 14.9. The molecule has 0 aliphatic heterocycles. The number of halogens is 3. The summed E-state index contributed by atoms with van der Waals surface area (Å²) in [6.07, 6.45) is -4.50. The molecule has 0 atom stereocenters. The van der Waals surface area contributed by atoms with Gasteiger partial charge in [-0.1, -0.05) is 0 Å². The van der Waals surface area contributed by atoms with Crippen molar-refractivity contribution < 1.29 is 22.7 Å². The predicted molar refractivity (Wildman–Crippen MR) is 96.0 cm³/mol. The van der Waals surface area contributed by atoms with Crippen LogP contribution in [0.5, 0.6) is 5.75 Å². The zero-order chi connectivity index (χ0) is 19.3. The molecule has 0 saturated carbocycles. The second-order valence-electron chi connectivity index (χ2n) is 5.66. The average Bonchev–Trinajstić information content (AvgIpc) is 2.61. The van der Waals surface area contributed by atoms with Crippen molar-refractivity contribution in [2.75, 3.05) is 30.4 Å². The van der Waals surface area contributed by atoms with Gasteiger partial charge in [0.25, 0.3) is 5.91 Å². The number of hydrogen-bond donors (Lipinski definition) is 1. The summed E-state index contributed by atoms with van der Waals surface area (Å²) < 4.78 is 44.1. The summed E-state index contributed by atoms with van der Waals surface area (Å²) in [7, 11) is 1.92. The van der Waals surface area contributed by atoms with Gasteiger partial charge >= 0.3 is 6.18 Å². The van der Waals surface area contributed by atoms with Gasteiger partial charge < -0.3 is 15.0 Å². The van der Waals surface area contributed by atoms with Crippen molar-refractivity contribution >= 4 is 17.3 Å². The van der Waals surface area contributed by atoms with E-state index in [-0.39, 0.29) is 18.0 Å². The van der Waals surface area contributed by atoms with E-state index in [1.165, 1.54) is 6.07 Å². The first-order valence-corrected chi connectivity index (χ1v) is 8.22. The normalized spacial score (nSPS) is 11.2. The molecule has 0 fully saturated rings. The number of nitrogens with zero attached hydrogens (tertiary/aromatic N) is 1. The highest BCUT2D eigenvalue weighted by Gasteiger charge is 2.31. The van der Waals surface area contributed by atoms with E-state index in [1.54, 1.807) is 31.2 Å². The molecule has 0 spiro atoms. The molecule has 140 valence electrons. The van der Waals surface area contributed by atoms with Gasteiger partial charge in [0.1, 0.15) is 5.75 Å². The number of carbonyl (C=O) groups is 1. The molecule has 26 heavy (non-hydrogen) atoms. The Balaban J connectivity index is 2.26. The summed E-state index contributed by atoms with van der Waals surface area (Å²) in [6.45, 7) is 4.80. The molecule has 0 aliphatic carbocycles. The maximum Gasteiger partial charge on any atom is 0.416 e. The van der Waals surface area contributed by atoms with Crippen molar-refractivity contribution in [3.05, 3.63) is 53.6 Å². The number of carbonyl (C=O) groups excluding carboxylic acids is 1. The molecule has 7 heteroatoms. The summed E-state index contributed by atoms with van der Waals surface area (Å²) in [5, 5.41) is 2.51. The molecular formula is C19H21F3N2O2. The molecular weight excluding hydrogens is 345 g/mol. The quantitative estimate of drug-likeness (QED) is 0.797. The topological polar surface area (TPSA) is 41.6 Å². The van der Waals surface area contributed by atoms with Gasteiger partial charge in [-0.3, -0.25) is 4.79 Å². The Bertz CT molecular complexity index is 758. The van der Waals surface area contributed by atoms with E-state index < -0.39 is 17.6 Å². The summed E-state index contributed by atoms with van der Waals surface area (Å²) in [5.41, 5.74) is 0.425. The number of nitrogens with one attached hydrogen (secondary N) is 1. The molecule has 2 rings (SSSR count). The Kier molecular flexibility index (Phi) is 6.13. The first-order chi connectivity index (χ1) is 12.3. The van der Waals surface area contributed by atoms with E-state index in [0.29, 0.717) is 5.56 Å². The van der Waals surface area contributed by atoms with Crippen LogP contribution in [0.3, 0.4) is 0 Å². The fraction of sp³-hybridized carbons (Fsp3) is 0.316. The summed E-state index contributed by atoms with van der Waals surface area (Å²) in [5.74, 6) is -0.313. The van der Waals surface area contributed by atoms with Gasteiger partial charge in [-0.05, 0) is 56.3 Å².